The summed E-state index contributed by atoms with van der Waals surface area (Å²) in [6.45, 7) is 4.46. The number of hydrogen-bond donors (Lipinski definition) is 0. The Morgan fingerprint density at radius 3 is 2.83 bits per heavy atom. The number of hydrogen-bond acceptors (Lipinski definition) is 4. The normalized spacial score (nSPS) is 20.1. The van der Waals surface area contributed by atoms with E-state index in [0.29, 0.717) is 24.7 Å². The van der Waals surface area contributed by atoms with E-state index in [0.717, 1.165) is 11.4 Å². The largest absolute Gasteiger partial charge is 0.278 e. The van der Waals surface area contributed by atoms with Crippen molar-refractivity contribution in [2.24, 2.45) is 0 Å². The average Bonchev–Trinajstić information content (AvgIpc) is 2.81. The van der Waals surface area contributed by atoms with Crippen LogP contribution in [0, 0.1) is 13.8 Å². The first-order chi connectivity index (χ1) is 8.54. The van der Waals surface area contributed by atoms with Gasteiger partial charge in [0, 0.05) is 29.2 Å². The summed E-state index contributed by atoms with van der Waals surface area (Å²) >= 11 is 3.45. The number of aryl methyl sites for hydroxylation is 2. The van der Waals surface area contributed by atoms with Gasteiger partial charge in [-0.15, -0.1) is 5.10 Å². The van der Waals surface area contributed by atoms with E-state index in [4.69, 9.17) is 0 Å². The molecule has 1 amide bonds. The summed E-state index contributed by atoms with van der Waals surface area (Å²) in [5, 5.41) is 4.35. The third kappa shape index (κ3) is 1.78. The van der Waals surface area contributed by atoms with Gasteiger partial charge in [-0.05, 0) is 19.9 Å². The van der Waals surface area contributed by atoms with E-state index >= 15 is 0 Å². The predicted molar refractivity (Wildman–Crippen MR) is 69.9 cm³/mol. The number of aromatic nitrogens is 4. The highest BCUT2D eigenvalue weighted by molar-refractivity contribution is 9.09. The predicted octanol–water partition coefficient (Wildman–Crippen LogP) is 1.24. The number of alkyl halides is 1. The van der Waals surface area contributed by atoms with Crippen molar-refractivity contribution in [3.8, 4) is 0 Å². The molecule has 1 atom stereocenters. The number of carbonyl (C=O) groups excluding carboxylic acids is 1. The van der Waals surface area contributed by atoms with Gasteiger partial charge >= 0.3 is 0 Å². The van der Waals surface area contributed by atoms with Crippen LogP contribution in [0.1, 0.15) is 17.8 Å². The fraction of sp³-hybridized carbons (Fsp3) is 0.455. The number of amides is 1. The minimum Gasteiger partial charge on any atom is -0.278 e. The zero-order chi connectivity index (χ0) is 12.9. The van der Waals surface area contributed by atoms with Gasteiger partial charge in [-0.1, -0.05) is 15.9 Å². The summed E-state index contributed by atoms with van der Waals surface area (Å²) in [6, 6.07) is 1.94. The van der Waals surface area contributed by atoms with Gasteiger partial charge in [0.2, 0.25) is 5.91 Å². The highest BCUT2D eigenvalue weighted by Gasteiger charge is 2.31. The lowest BCUT2D eigenvalue weighted by molar-refractivity contribution is -0.117. The van der Waals surface area contributed by atoms with E-state index in [1.54, 1.807) is 9.42 Å². The third-order valence-corrected chi connectivity index (χ3v) is 3.54. The topological polar surface area (TPSA) is 63.4 Å². The molecule has 1 unspecified atom stereocenters. The van der Waals surface area contributed by atoms with E-state index < -0.39 is 0 Å². The smallest absolute Gasteiger partial charge is 0.254 e. The monoisotopic (exact) mass is 309 g/mol. The van der Waals surface area contributed by atoms with Crippen LogP contribution in [-0.4, -0.2) is 36.9 Å². The van der Waals surface area contributed by atoms with Crippen molar-refractivity contribution in [2.75, 3.05) is 11.4 Å². The fourth-order valence-corrected chi connectivity index (χ4v) is 2.69. The Bertz CT molecular complexity index is 638. The van der Waals surface area contributed by atoms with Crippen LogP contribution in [-0.2, 0) is 4.79 Å². The molecule has 0 N–H and O–H groups in total. The lowest BCUT2D eigenvalue weighted by Gasteiger charge is -2.09. The Balaban J connectivity index is 2.09. The molecule has 1 aliphatic heterocycles. The molecular weight excluding hydrogens is 298 g/mol. The van der Waals surface area contributed by atoms with Gasteiger partial charge in [-0.3, -0.25) is 9.69 Å². The van der Waals surface area contributed by atoms with Gasteiger partial charge in [-0.25, -0.2) is 4.98 Å². The Kier molecular flexibility index (Phi) is 2.58. The van der Waals surface area contributed by atoms with Crippen molar-refractivity contribution < 1.29 is 4.79 Å². The number of nitrogens with zero attached hydrogens (tertiary/aromatic N) is 5. The van der Waals surface area contributed by atoms with Crippen LogP contribution in [0.4, 0.5) is 5.95 Å². The summed E-state index contributed by atoms with van der Waals surface area (Å²) < 4.78 is 1.66. The molecule has 0 radical (unpaired) electrons. The second-order valence-corrected chi connectivity index (χ2v) is 5.76. The van der Waals surface area contributed by atoms with Crippen LogP contribution in [0.25, 0.3) is 5.78 Å². The van der Waals surface area contributed by atoms with Gasteiger partial charge in [-0.2, -0.15) is 9.50 Å². The summed E-state index contributed by atoms with van der Waals surface area (Å²) in [4.78, 5) is 22.2. The lowest BCUT2D eigenvalue weighted by Crippen LogP contribution is -2.25. The fourth-order valence-electron chi connectivity index (χ4n) is 2.13. The quantitative estimate of drug-likeness (QED) is 0.744. The highest BCUT2D eigenvalue weighted by atomic mass is 79.9. The zero-order valence-electron chi connectivity index (χ0n) is 10.1. The number of anilines is 1. The lowest BCUT2D eigenvalue weighted by atomic mass is 10.4. The molecule has 3 rings (SSSR count). The van der Waals surface area contributed by atoms with Gasteiger partial charge in [0.1, 0.15) is 0 Å². The second-order valence-electron chi connectivity index (χ2n) is 4.47. The first-order valence-electron chi connectivity index (χ1n) is 5.70. The molecule has 94 valence electrons. The Hall–Kier alpha value is -1.50. The minimum absolute atomic E-state index is 0.0437. The van der Waals surface area contributed by atoms with Crippen LogP contribution in [0.5, 0.6) is 0 Å². The maximum atomic E-state index is 11.8. The highest BCUT2D eigenvalue weighted by Crippen LogP contribution is 2.23. The minimum atomic E-state index is 0.0437. The molecule has 0 saturated carbocycles. The number of rotatable bonds is 1. The molecule has 1 aliphatic rings. The van der Waals surface area contributed by atoms with Crippen LogP contribution in [0.15, 0.2) is 6.07 Å². The second kappa shape index (κ2) is 4.01. The van der Waals surface area contributed by atoms with Gasteiger partial charge in [0.05, 0.1) is 0 Å². The van der Waals surface area contributed by atoms with Crippen LogP contribution in [0.2, 0.25) is 0 Å². The van der Waals surface area contributed by atoms with E-state index in [1.807, 2.05) is 19.9 Å². The average molecular weight is 310 g/mol. The van der Waals surface area contributed by atoms with E-state index in [-0.39, 0.29) is 10.7 Å². The molecule has 7 heteroatoms. The number of halogens is 1. The van der Waals surface area contributed by atoms with Gasteiger partial charge < -0.3 is 0 Å². The zero-order valence-corrected chi connectivity index (χ0v) is 11.7. The Morgan fingerprint density at radius 1 is 1.39 bits per heavy atom. The molecule has 2 aromatic heterocycles. The summed E-state index contributed by atoms with van der Waals surface area (Å²) in [7, 11) is 0. The first kappa shape index (κ1) is 11.6. The van der Waals surface area contributed by atoms with Crippen LogP contribution in [0.3, 0.4) is 0 Å². The van der Waals surface area contributed by atoms with Gasteiger partial charge in [0.25, 0.3) is 11.7 Å². The molecule has 3 heterocycles. The standard InChI is InChI=1S/C11H12BrN5O/c1-6-3-7(2)17-10(13-6)14-11(15-17)16-5-8(12)4-9(16)18/h3,8H,4-5H2,1-2H3. The molecule has 1 fully saturated rings. The molecule has 6 nitrogen and oxygen atoms in total. The molecule has 18 heavy (non-hydrogen) atoms. The third-order valence-electron chi connectivity index (χ3n) is 2.93. The van der Waals surface area contributed by atoms with Crippen LogP contribution < -0.4 is 4.90 Å². The summed E-state index contributed by atoms with van der Waals surface area (Å²) in [5.74, 6) is 1.01. The van der Waals surface area contributed by atoms with E-state index in [9.17, 15) is 4.79 Å². The van der Waals surface area contributed by atoms with Crippen molar-refractivity contribution in [1.82, 2.24) is 19.6 Å². The van der Waals surface area contributed by atoms with Crippen molar-refractivity contribution in [3.63, 3.8) is 0 Å². The molecule has 1 saturated heterocycles. The van der Waals surface area contributed by atoms with Crippen molar-refractivity contribution in [2.45, 2.75) is 25.1 Å². The van der Waals surface area contributed by atoms with Crippen molar-refractivity contribution in [3.05, 3.63) is 17.5 Å². The maximum absolute atomic E-state index is 11.8. The number of fused-ring (bicyclic) bond motifs is 1. The van der Waals surface area contributed by atoms with Gasteiger partial charge in [0.15, 0.2) is 0 Å². The SMILES string of the molecule is Cc1cc(C)n2nc(N3CC(Br)CC3=O)nc2n1. The molecule has 0 aliphatic carbocycles. The molecule has 0 bridgehead atoms. The maximum Gasteiger partial charge on any atom is 0.254 e. The Morgan fingerprint density at radius 2 is 2.17 bits per heavy atom. The van der Waals surface area contributed by atoms with Crippen molar-refractivity contribution >= 4 is 33.6 Å². The molecule has 0 aromatic carbocycles. The number of carbonyl (C=O) groups is 1. The molecule has 2 aromatic rings. The van der Waals surface area contributed by atoms with E-state index in [2.05, 4.69) is 31.0 Å². The first-order valence-corrected chi connectivity index (χ1v) is 6.61. The summed E-state index contributed by atoms with van der Waals surface area (Å²) in [6.07, 6.45) is 0.487. The molecule has 0 spiro atoms. The summed E-state index contributed by atoms with van der Waals surface area (Å²) in [5.41, 5.74) is 1.85. The molecular formula is C11H12BrN5O. The van der Waals surface area contributed by atoms with Crippen molar-refractivity contribution in [1.29, 1.82) is 0 Å². The van der Waals surface area contributed by atoms with Crippen LogP contribution >= 0.6 is 15.9 Å². The Labute approximate surface area is 112 Å². The van der Waals surface area contributed by atoms with E-state index in [1.165, 1.54) is 0 Å².